The summed E-state index contributed by atoms with van der Waals surface area (Å²) >= 11 is 0. The van der Waals surface area contributed by atoms with Crippen LogP contribution in [0.15, 0.2) is 109 Å². The number of carbonyl (C=O) groups is 2. The highest BCUT2D eigenvalue weighted by atomic mass is 16.5. The number of esters is 1. The van der Waals surface area contributed by atoms with Crippen LogP contribution in [0.2, 0.25) is 0 Å². The van der Waals surface area contributed by atoms with Gasteiger partial charge in [-0.25, -0.2) is 0 Å². The Kier molecular flexibility index (Phi) is 8.11. The van der Waals surface area contributed by atoms with Gasteiger partial charge in [0.1, 0.15) is 5.60 Å². The molecule has 0 radical (unpaired) electrons. The fourth-order valence-corrected chi connectivity index (χ4v) is 6.65. The number of hydrogen-bond donors (Lipinski definition) is 1. The normalized spacial score (nSPS) is 25.3. The van der Waals surface area contributed by atoms with Gasteiger partial charge in [-0.1, -0.05) is 120 Å². The molecule has 5 rings (SSSR count). The summed E-state index contributed by atoms with van der Waals surface area (Å²) in [7, 11) is 0. The first-order chi connectivity index (χ1) is 20.3. The third-order valence-electron chi connectivity index (χ3n) is 8.73. The minimum absolute atomic E-state index is 0.0297. The number of aryl methyl sites for hydroxylation is 2. The Balaban J connectivity index is 1.89. The van der Waals surface area contributed by atoms with Crippen molar-refractivity contribution in [3.8, 4) is 6.07 Å². The SMILES string of the molecule is CCOC(=O)[C@]1(C#N)[C@H](c2ccc(C)cc2)C[C@](O)(c2ccccc2)[C@@H](C(=O)c2ccccc2)[C@@H]1c1ccc(C)cc1. The molecule has 1 aliphatic rings. The quantitative estimate of drug-likeness (QED) is 0.195. The topological polar surface area (TPSA) is 87.4 Å². The van der Waals surface area contributed by atoms with Crippen molar-refractivity contribution in [2.45, 2.75) is 44.6 Å². The van der Waals surface area contributed by atoms with Gasteiger partial charge in [0.25, 0.3) is 0 Å². The van der Waals surface area contributed by atoms with Crippen molar-refractivity contribution in [1.82, 2.24) is 0 Å². The van der Waals surface area contributed by atoms with Crippen LogP contribution < -0.4 is 0 Å². The maximum absolute atomic E-state index is 14.7. The monoisotopic (exact) mass is 557 g/mol. The lowest BCUT2D eigenvalue weighted by Gasteiger charge is -2.54. The minimum Gasteiger partial charge on any atom is -0.465 e. The number of nitriles is 1. The smallest absolute Gasteiger partial charge is 0.327 e. The molecular weight excluding hydrogens is 522 g/mol. The fourth-order valence-electron chi connectivity index (χ4n) is 6.65. The second-order valence-electron chi connectivity index (χ2n) is 11.3. The van der Waals surface area contributed by atoms with Gasteiger partial charge < -0.3 is 9.84 Å². The molecule has 42 heavy (non-hydrogen) atoms. The minimum atomic E-state index is -1.81. The number of aliphatic hydroxyl groups is 1. The van der Waals surface area contributed by atoms with Gasteiger partial charge in [0, 0.05) is 17.4 Å². The number of rotatable bonds is 7. The molecule has 4 aromatic carbocycles. The Hall–Kier alpha value is -4.53. The summed E-state index contributed by atoms with van der Waals surface area (Å²) in [4.78, 5) is 29.0. The number of hydrogen-bond acceptors (Lipinski definition) is 5. The Morgan fingerprint density at radius 2 is 1.36 bits per heavy atom. The molecule has 212 valence electrons. The van der Waals surface area contributed by atoms with Crippen LogP contribution in [0, 0.1) is 36.5 Å². The van der Waals surface area contributed by atoms with Crippen LogP contribution in [-0.2, 0) is 15.1 Å². The van der Waals surface area contributed by atoms with Crippen molar-refractivity contribution in [1.29, 1.82) is 5.26 Å². The molecule has 0 spiro atoms. The van der Waals surface area contributed by atoms with E-state index in [1.165, 1.54) is 0 Å². The van der Waals surface area contributed by atoms with Crippen LogP contribution in [0.1, 0.15) is 63.4 Å². The maximum Gasteiger partial charge on any atom is 0.327 e. The summed E-state index contributed by atoms with van der Waals surface area (Å²) in [6.45, 7) is 5.71. The summed E-state index contributed by atoms with van der Waals surface area (Å²) in [5.74, 6) is -4.00. The Morgan fingerprint density at radius 1 is 0.833 bits per heavy atom. The number of ketones is 1. The summed E-state index contributed by atoms with van der Waals surface area (Å²) in [6, 6.07) is 35.6. The van der Waals surface area contributed by atoms with Gasteiger partial charge in [0.15, 0.2) is 11.2 Å². The van der Waals surface area contributed by atoms with Gasteiger partial charge in [0.2, 0.25) is 0 Å². The van der Waals surface area contributed by atoms with E-state index in [1.54, 1.807) is 31.2 Å². The van der Waals surface area contributed by atoms with Crippen LogP contribution in [0.4, 0.5) is 0 Å². The first-order valence-electron chi connectivity index (χ1n) is 14.3. The van der Waals surface area contributed by atoms with E-state index in [-0.39, 0.29) is 18.8 Å². The molecule has 0 aliphatic heterocycles. The highest BCUT2D eigenvalue weighted by Gasteiger charge is 2.67. The Labute approximate surface area is 247 Å². The van der Waals surface area contributed by atoms with Gasteiger partial charge in [-0.3, -0.25) is 9.59 Å². The number of carbonyl (C=O) groups excluding carboxylic acids is 2. The summed E-state index contributed by atoms with van der Waals surface area (Å²) in [5, 5.41) is 24.1. The standard InChI is InChI=1S/C37H35NO4/c1-4-42-35(40)36(24-38)31(27-19-15-25(2)16-20-27)23-37(41,30-13-9-6-10-14-30)33(34(39)29-11-7-5-8-12-29)32(36)28-21-17-26(3)18-22-28/h5-22,31-33,41H,4,23H2,1-3H3/t31-,32-,33+,36+,37-/m0/s1. The van der Waals surface area contributed by atoms with Gasteiger partial charge in [-0.15, -0.1) is 0 Å². The number of nitrogens with zero attached hydrogens (tertiary/aromatic N) is 1. The van der Waals surface area contributed by atoms with E-state index in [9.17, 15) is 20.0 Å². The molecule has 0 amide bonds. The first kappa shape index (κ1) is 29.0. The van der Waals surface area contributed by atoms with Crippen molar-refractivity contribution in [3.63, 3.8) is 0 Å². The molecule has 5 heteroatoms. The van der Waals surface area contributed by atoms with Crippen LogP contribution in [0.3, 0.4) is 0 Å². The lowest BCUT2D eigenvalue weighted by atomic mass is 9.47. The van der Waals surface area contributed by atoms with E-state index in [1.807, 2.05) is 98.8 Å². The summed E-state index contributed by atoms with van der Waals surface area (Å²) < 4.78 is 5.68. The fraction of sp³-hybridized carbons (Fsp3) is 0.270. The molecule has 1 fully saturated rings. The van der Waals surface area contributed by atoms with Gasteiger partial charge in [0.05, 0.1) is 18.6 Å². The van der Waals surface area contributed by atoms with E-state index >= 15 is 0 Å². The van der Waals surface area contributed by atoms with Crippen molar-refractivity contribution in [3.05, 3.63) is 143 Å². The maximum atomic E-state index is 14.7. The number of Topliss-reactive ketones (excluding diaryl/α,β-unsaturated/α-hetero) is 1. The molecule has 1 N–H and O–H groups in total. The first-order valence-corrected chi connectivity index (χ1v) is 14.3. The molecule has 0 aromatic heterocycles. The molecule has 1 saturated carbocycles. The third-order valence-corrected chi connectivity index (χ3v) is 8.73. The molecule has 5 atom stereocenters. The zero-order valence-corrected chi connectivity index (χ0v) is 24.2. The molecule has 0 heterocycles. The van der Waals surface area contributed by atoms with Crippen molar-refractivity contribution < 1.29 is 19.4 Å². The van der Waals surface area contributed by atoms with Crippen molar-refractivity contribution in [2.24, 2.45) is 11.3 Å². The van der Waals surface area contributed by atoms with Crippen LogP contribution in [0.5, 0.6) is 0 Å². The van der Waals surface area contributed by atoms with Crippen molar-refractivity contribution >= 4 is 11.8 Å². The lowest BCUT2D eigenvalue weighted by molar-refractivity contribution is -0.164. The zero-order chi connectivity index (χ0) is 29.9. The number of ether oxygens (including phenoxy) is 1. The Bertz CT molecular complexity index is 1590. The largest absolute Gasteiger partial charge is 0.465 e. The average molecular weight is 558 g/mol. The van der Waals surface area contributed by atoms with Gasteiger partial charge >= 0.3 is 5.97 Å². The molecule has 0 unspecified atom stereocenters. The highest BCUT2D eigenvalue weighted by Crippen LogP contribution is 2.63. The Morgan fingerprint density at radius 3 is 1.88 bits per heavy atom. The summed E-state index contributed by atoms with van der Waals surface area (Å²) in [5.41, 5.74) is 0.805. The number of benzene rings is 4. The lowest BCUT2D eigenvalue weighted by Crippen LogP contribution is -2.59. The van der Waals surface area contributed by atoms with E-state index in [4.69, 9.17) is 4.74 Å². The second-order valence-corrected chi connectivity index (χ2v) is 11.3. The van der Waals surface area contributed by atoms with E-state index < -0.39 is 34.7 Å². The third kappa shape index (κ3) is 4.93. The zero-order valence-electron chi connectivity index (χ0n) is 24.2. The molecule has 1 aliphatic carbocycles. The van der Waals surface area contributed by atoms with Gasteiger partial charge in [-0.05, 0) is 43.9 Å². The molecule has 4 aromatic rings. The predicted molar refractivity (Wildman–Crippen MR) is 162 cm³/mol. The van der Waals surface area contributed by atoms with Crippen molar-refractivity contribution in [2.75, 3.05) is 6.61 Å². The van der Waals surface area contributed by atoms with Crippen LogP contribution >= 0.6 is 0 Å². The molecule has 0 saturated heterocycles. The summed E-state index contributed by atoms with van der Waals surface area (Å²) in [6.07, 6.45) is -0.0297. The molecular formula is C37H35NO4. The van der Waals surface area contributed by atoms with Crippen LogP contribution in [0.25, 0.3) is 0 Å². The predicted octanol–water partition coefficient (Wildman–Crippen LogP) is 7.03. The van der Waals surface area contributed by atoms with E-state index in [0.29, 0.717) is 16.7 Å². The van der Waals surface area contributed by atoms with Crippen LogP contribution in [-0.4, -0.2) is 23.5 Å². The van der Waals surface area contributed by atoms with E-state index in [0.717, 1.165) is 16.7 Å². The second kappa shape index (κ2) is 11.8. The molecule has 0 bridgehead atoms. The average Bonchev–Trinajstić information content (AvgIpc) is 3.02. The molecule has 5 nitrogen and oxygen atoms in total. The highest BCUT2D eigenvalue weighted by molar-refractivity contribution is 6.00. The van der Waals surface area contributed by atoms with Gasteiger partial charge in [-0.2, -0.15) is 5.26 Å². The van der Waals surface area contributed by atoms with E-state index in [2.05, 4.69) is 6.07 Å².